The second-order valence-corrected chi connectivity index (χ2v) is 4.66. The average Bonchev–Trinajstić information content (AvgIpc) is 2.45. The third kappa shape index (κ3) is 2.87. The van der Waals surface area contributed by atoms with E-state index < -0.39 is 11.7 Å². The highest BCUT2D eigenvalue weighted by atomic mass is 19.4. The summed E-state index contributed by atoms with van der Waals surface area (Å²) in [5.74, 6) is 0. The second kappa shape index (κ2) is 5.70. The summed E-state index contributed by atoms with van der Waals surface area (Å²) in [6, 6.07) is 12.1. The lowest BCUT2D eigenvalue weighted by atomic mass is 9.94. The monoisotopic (exact) mass is 277 g/mol. The minimum absolute atomic E-state index is 0.216. The molecule has 0 atom stereocenters. The number of hydrogen-bond donors (Lipinski definition) is 0. The Balaban J connectivity index is 2.58. The molecule has 0 aromatic heterocycles. The maximum absolute atomic E-state index is 13.0. The Morgan fingerprint density at radius 3 is 2.30 bits per heavy atom. The standard InChI is InChI=1S/C17H16F3/c1-3-12-9-10-14(11-13(12)4-2)15-7-5-6-8-16(15)17(18,19)20/h5,7-11H,3-4H2,1-2H3. The number of benzene rings is 2. The number of alkyl halides is 3. The maximum atomic E-state index is 13.0. The van der Waals surface area contributed by atoms with Crippen LogP contribution in [0.5, 0.6) is 0 Å². The van der Waals surface area contributed by atoms with Gasteiger partial charge in [-0.05, 0) is 47.2 Å². The lowest BCUT2D eigenvalue weighted by molar-refractivity contribution is -0.137. The lowest BCUT2D eigenvalue weighted by Crippen LogP contribution is -2.07. The van der Waals surface area contributed by atoms with Gasteiger partial charge in [-0.1, -0.05) is 44.2 Å². The van der Waals surface area contributed by atoms with Crippen LogP contribution in [0.2, 0.25) is 0 Å². The predicted molar refractivity (Wildman–Crippen MR) is 74.5 cm³/mol. The topological polar surface area (TPSA) is 0 Å². The van der Waals surface area contributed by atoms with E-state index in [1.165, 1.54) is 17.7 Å². The molecule has 0 amide bonds. The minimum Gasteiger partial charge on any atom is -0.166 e. The van der Waals surface area contributed by atoms with Gasteiger partial charge in [-0.3, -0.25) is 0 Å². The van der Waals surface area contributed by atoms with E-state index in [4.69, 9.17) is 0 Å². The van der Waals surface area contributed by atoms with Crippen molar-refractivity contribution in [3.05, 3.63) is 59.2 Å². The van der Waals surface area contributed by atoms with E-state index in [1.54, 1.807) is 6.07 Å². The molecule has 0 spiro atoms. The van der Waals surface area contributed by atoms with Crippen LogP contribution in [0.25, 0.3) is 11.1 Å². The fourth-order valence-electron chi connectivity index (χ4n) is 2.38. The molecule has 2 aromatic carbocycles. The van der Waals surface area contributed by atoms with Gasteiger partial charge in [0.25, 0.3) is 0 Å². The summed E-state index contributed by atoms with van der Waals surface area (Å²) in [6.45, 7) is 4.06. The fraction of sp³-hybridized carbons (Fsp3) is 0.294. The Morgan fingerprint density at radius 2 is 1.70 bits per heavy atom. The third-order valence-electron chi connectivity index (χ3n) is 3.45. The first-order valence-corrected chi connectivity index (χ1v) is 6.66. The molecule has 0 fully saturated rings. The van der Waals surface area contributed by atoms with Crippen molar-refractivity contribution in [2.45, 2.75) is 32.9 Å². The zero-order valence-corrected chi connectivity index (χ0v) is 11.5. The summed E-state index contributed by atoms with van der Waals surface area (Å²) in [7, 11) is 0. The van der Waals surface area contributed by atoms with E-state index in [0.717, 1.165) is 24.5 Å². The van der Waals surface area contributed by atoms with Crippen LogP contribution >= 0.6 is 0 Å². The number of hydrogen-bond acceptors (Lipinski definition) is 0. The van der Waals surface area contributed by atoms with Crippen molar-refractivity contribution in [2.24, 2.45) is 0 Å². The van der Waals surface area contributed by atoms with Gasteiger partial charge >= 0.3 is 6.18 Å². The molecule has 3 heteroatoms. The first kappa shape index (κ1) is 14.6. The molecule has 0 unspecified atom stereocenters. The Labute approximate surface area is 117 Å². The molecule has 2 aromatic rings. The molecule has 0 saturated heterocycles. The van der Waals surface area contributed by atoms with Crippen LogP contribution < -0.4 is 0 Å². The summed E-state index contributed by atoms with van der Waals surface area (Å²) >= 11 is 0. The molecule has 0 aliphatic carbocycles. The summed E-state index contributed by atoms with van der Waals surface area (Å²) < 4.78 is 39.1. The van der Waals surface area contributed by atoms with E-state index in [9.17, 15) is 13.2 Å². The van der Waals surface area contributed by atoms with Crippen molar-refractivity contribution < 1.29 is 13.2 Å². The van der Waals surface area contributed by atoms with Crippen LogP contribution in [-0.4, -0.2) is 0 Å². The van der Waals surface area contributed by atoms with E-state index >= 15 is 0 Å². The first-order chi connectivity index (χ1) is 9.47. The zero-order valence-electron chi connectivity index (χ0n) is 11.5. The molecule has 0 aliphatic heterocycles. The highest BCUT2D eigenvalue weighted by molar-refractivity contribution is 5.69. The van der Waals surface area contributed by atoms with Gasteiger partial charge in [-0.25, -0.2) is 0 Å². The van der Waals surface area contributed by atoms with Crippen LogP contribution in [0.15, 0.2) is 36.4 Å². The fourth-order valence-corrected chi connectivity index (χ4v) is 2.38. The normalized spacial score (nSPS) is 11.7. The Hall–Kier alpha value is -1.77. The number of rotatable bonds is 3. The molecule has 0 aliphatic rings. The van der Waals surface area contributed by atoms with E-state index in [1.807, 2.05) is 26.0 Å². The third-order valence-corrected chi connectivity index (χ3v) is 3.45. The van der Waals surface area contributed by atoms with Crippen molar-refractivity contribution in [1.29, 1.82) is 0 Å². The van der Waals surface area contributed by atoms with E-state index in [-0.39, 0.29) is 5.56 Å². The second-order valence-electron chi connectivity index (χ2n) is 4.66. The minimum atomic E-state index is -4.36. The van der Waals surface area contributed by atoms with Crippen LogP contribution in [0.3, 0.4) is 0 Å². The lowest BCUT2D eigenvalue weighted by Gasteiger charge is -2.14. The van der Waals surface area contributed by atoms with Gasteiger partial charge in [-0.2, -0.15) is 13.2 Å². The SMILES string of the molecule is CCc1ccc(-c2cc[c]cc2C(F)(F)F)cc1CC. The molecule has 0 heterocycles. The molecule has 2 rings (SSSR count). The Kier molecular flexibility index (Phi) is 4.17. The van der Waals surface area contributed by atoms with Gasteiger partial charge in [0.2, 0.25) is 0 Å². The summed E-state index contributed by atoms with van der Waals surface area (Å²) in [5, 5.41) is 0. The van der Waals surface area contributed by atoms with Crippen LogP contribution in [0, 0.1) is 6.07 Å². The van der Waals surface area contributed by atoms with Gasteiger partial charge in [0.1, 0.15) is 0 Å². The molecular formula is C17H16F3. The van der Waals surface area contributed by atoms with Crippen molar-refractivity contribution in [1.82, 2.24) is 0 Å². The molecule has 0 saturated carbocycles. The predicted octanol–water partition coefficient (Wildman–Crippen LogP) is 5.30. The first-order valence-electron chi connectivity index (χ1n) is 6.66. The summed E-state index contributed by atoms with van der Waals surface area (Å²) in [6.07, 6.45) is -2.65. The molecule has 0 N–H and O–H groups in total. The summed E-state index contributed by atoms with van der Waals surface area (Å²) in [4.78, 5) is 0. The van der Waals surface area contributed by atoms with Crippen LogP contribution in [0.1, 0.15) is 30.5 Å². The number of halogens is 3. The quantitative estimate of drug-likeness (QED) is 0.714. The van der Waals surface area contributed by atoms with Gasteiger partial charge in [-0.15, -0.1) is 0 Å². The number of aryl methyl sites for hydroxylation is 2. The van der Waals surface area contributed by atoms with Crippen molar-refractivity contribution in [3.63, 3.8) is 0 Å². The highest BCUT2D eigenvalue weighted by Gasteiger charge is 2.33. The maximum Gasteiger partial charge on any atom is 0.417 e. The van der Waals surface area contributed by atoms with Gasteiger partial charge in [0.15, 0.2) is 0 Å². The largest absolute Gasteiger partial charge is 0.417 e. The summed E-state index contributed by atoms with van der Waals surface area (Å²) in [5.41, 5.74) is 2.48. The molecule has 20 heavy (non-hydrogen) atoms. The molecule has 0 nitrogen and oxygen atoms in total. The van der Waals surface area contributed by atoms with Crippen LogP contribution in [0.4, 0.5) is 13.2 Å². The van der Waals surface area contributed by atoms with Crippen molar-refractivity contribution in [2.75, 3.05) is 0 Å². The van der Waals surface area contributed by atoms with Gasteiger partial charge in [0, 0.05) is 0 Å². The Morgan fingerprint density at radius 1 is 1.00 bits per heavy atom. The molecule has 1 radical (unpaired) electrons. The van der Waals surface area contributed by atoms with Crippen LogP contribution in [-0.2, 0) is 19.0 Å². The van der Waals surface area contributed by atoms with E-state index in [0.29, 0.717) is 5.56 Å². The molecule has 105 valence electrons. The molecular weight excluding hydrogens is 261 g/mol. The van der Waals surface area contributed by atoms with Crippen molar-refractivity contribution >= 4 is 0 Å². The molecule has 0 bridgehead atoms. The Bertz CT molecular complexity index is 597. The van der Waals surface area contributed by atoms with Crippen molar-refractivity contribution in [3.8, 4) is 11.1 Å². The average molecular weight is 277 g/mol. The highest BCUT2D eigenvalue weighted by Crippen LogP contribution is 2.37. The van der Waals surface area contributed by atoms with Gasteiger partial charge < -0.3 is 0 Å². The zero-order chi connectivity index (χ0) is 14.8. The van der Waals surface area contributed by atoms with Gasteiger partial charge in [0.05, 0.1) is 5.56 Å². The van der Waals surface area contributed by atoms with E-state index in [2.05, 4.69) is 6.07 Å². The smallest absolute Gasteiger partial charge is 0.166 e.